The van der Waals surface area contributed by atoms with Crippen LogP contribution >= 0.6 is 0 Å². The van der Waals surface area contributed by atoms with E-state index in [-0.39, 0.29) is 12.3 Å². The van der Waals surface area contributed by atoms with E-state index >= 15 is 0 Å². The van der Waals surface area contributed by atoms with Crippen LogP contribution in [0.1, 0.15) is 25.3 Å². The van der Waals surface area contributed by atoms with Gasteiger partial charge in [0.2, 0.25) is 0 Å². The largest absolute Gasteiger partial charge is 0.509 e. The zero-order valence-corrected chi connectivity index (χ0v) is 15.0. The van der Waals surface area contributed by atoms with Crippen molar-refractivity contribution in [3.05, 3.63) is 35.1 Å². The molecule has 2 N–H and O–H groups in total. The molecule has 8 heteroatoms. The zero-order chi connectivity index (χ0) is 19.1. The maximum absolute atomic E-state index is 12.8. The Hall–Kier alpha value is -2.74. The number of nitrogens with zero attached hydrogens (tertiary/aromatic N) is 2. The maximum atomic E-state index is 12.8. The van der Waals surface area contributed by atoms with Crippen molar-refractivity contribution in [3.63, 3.8) is 0 Å². The first-order valence-corrected chi connectivity index (χ1v) is 8.31. The summed E-state index contributed by atoms with van der Waals surface area (Å²) in [6, 6.07) is 5.23. The maximum Gasteiger partial charge on any atom is 0.344 e. The highest BCUT2D eigenvalue weighted by Crippen LogP contribution is 2.42. The predicted molar refractivity (Wildman–Crippen MR) is 91.7 cm³/mol. The van der Waals surface area contributed by atoms with Crippen LogP contribution in [-0.4, -0.2) is 58.4 Å². The Morgan fingerprint density at radius 3 is 2.65 bits per heavy atom. The van der Waals surface area contributed by atoms with Crippen LogP contribution in [0.25, 0.3) is 0 Å². The van der Waals surface area contributed by atoms with Crippen molar-refractivity contribution in [2.24, 2.45) is 0 Å². The predicted octanol–water partition coefficient (Wildman–Crippen LogP) is 1.71. The third kappa shape index (κ3) is 2.66. The normalized spacial score (nSPS) is 23.2. The van der Waals surface area contributed by atoms with Gasteiger partial charge in [-0.3, -0.25) is 9.80 Å². The fourth-order valence-corrected chi connectivity index (χ4v) is 3.68. The summed E-state index contributed by atoms with van der Waals surface area (Å²) in [5.74, 6) is -1.37. The molecular weight excluding hydrogens is 340 g/mol. The number of aliphatic hydroxyl groups is 1. The topological polar surface area (TPSA) is 99.5 Å². The molecule has 0 unspecified atom stereocenters. The van der Waals surface area contributed by atoms with E-state index in [0.717, 1.165) is 6.42 Å². The second kappa shape index (κ2) is 6.53. The minimum absolute atomic E-state index is 0.131. The van der Waals surface area contributed by atoms with Crippen molar-refractivity contribution >= 4 is 11.9 Å². The van der Waals surface area contributed by atoms with E-state index in [1.165, 1.54) is 12.1 Å². The molecule has 8 nitrogen and oxygen atoms in total. The number of fused-ring (bicyclic) bond motifs is 1. The number of rotatable bonds is 5. The second-order valence-corrected chi connectivity index (χ2v) is 6.57. The molecule has 0 aromatic heterocycles. The van der Waals surface area contributed by atoms with Crippen molar-refractivity contribution in [2.75, 3.05) is 20.8 Å². The lowest BCUT2D eigenvalue weighted by Crippen LogP contribution is -2.60. The van der Waals surface area contributed by atoms with Crippen molar-refractivity contribution in [1.82, 2.24) is 10.0 Å². The van der Waals surface area contributed by atoms with E-state index in [1.54, 1.807) is 37.2 Å². The fourth-order valence-electron chi connectivity index (χ4n) is 3.68. The van der Waals surface area contributed by atoms with Gasteiger partial charge in [0, 0.05) is 18.2 Å². The number of hydrogen-bond acceptors (Lipinski definition) is 6. The molecule has 0 saturated carbocycles. The number of carboxylic acids is 1. The van der Waals surface area contributed by atoms with Crippen molar-refractivity contribution in [3.8, 4) is 11.5 Å². The number of aliphatic hydroxyl groups excluding tert-OH is 1. The molecule has 1 saturated heterocycles. The van der Waals surface area contributed by atoms with Crippen molar-refractivity contribution in [2.45, 2.75) is 31.8 Å². The number of amides is 1. The van der Waals surface area contributed by atoms with Crippen LogP contribution in [0, 0.1) is 0 Å². The molecular formula is C18H22N2O6. The highest BCUT2D eigenvalue weighted by molar-refractivity contribution is 6.16. The Balaban J connectivity index is 2.03. The Labute approximate surface area is 151 Å². The number of benzene rings is 1. The van der Waals surface area contributed by atoms with Crippen molar-refractivity contribution in [1.29, 1.82) is 0 Å². The third-order valence-corrected chi connectivity index (χ3v) is 5.12. The Bertz CT molecular complexity index is 790. The zero-order valence-electron chi connectivity index (χ0n) is 15.0. The number of aliphatic carboxylic acids is 1. The summed E-state index contributed by atoms with van der Waals surface area (Å²) in [5.41, 5.74) is -0.762. The molecule has 1 amide bonds. The van der Waals surface area contributed by atoms with Crippen molar-refractivity contribution < 1.29 is 29.3 Å². The Morgan fingerprint density at radius 2 is 2.04 bits per heavy atom. The highest BCUT2D eigenvalue weighted by atomic mass is 16.5. The first-order chi connectivity index (χ1) is 12.3. The van der Waals surface area contributed by atoms with E-state index in [1.807, 2.05) is 0 Å². The summed E-state index contributed by atoms with van der Waals surface area (Å²) in [6.45, 7) is 2.44. The molecule has 2 aliphatic rings. The smallest absolute Gasteiger partial charge is 0.344 e. The van der Waals surface area contributed by atoms with Crippen LogP contribution in [0.3, 0.4) is 0 Å². The molecule has 3 rings (SSSR count). The van der Waals surface area contributed by atoms with E-state index in [4.69, 9.17) is 9.47 Å². The van der Waals surface area contributed by atoms with Gasteiger partial charge in [0.05, 0.1) is 26.3 Å². The summed E-state index contributed by atoms with van der Waals surface area (Å²) >= 11 is 0. The van der Waals surface area contributed by atoms with Gasteiger partial charge in [0.1, 0.15) is 17.3 Å². The minimum Gasteiger partial charge on any atom is -0.509 e. The molecule has 1 fully saturated rings. The summed E-state index contributed by atoms with van der Waals surface area (Å²) in [5, 5.41) is 23.0. The van der Waals surface area contributed by atoms with E-state index in [9.17, 15) is 19.8 Å². The monoisotopic (exact) mass is 362 g/mol. The van der Waals surface area contributed by atoms with Gasteiger partial charge in [-0.25, -0.2) is 9.80 Å². The first kappa shape index (κ1) is 18.1. The SMILES string of the molecule is COc1ccc(CN2C(=O)C(C(=O)O)=C(O)[C@@]3(C)CCCN23)c(OC)c1. The Kier molecular flexibility index (Phi) is 4.53. The number of carbonyl (C=O) groups excluding carboxylic acids is 1. The third-order valence-electron chi connectivity index (χ3n) is 5.12. The average Bonchev–Trinajstić information content (AvgIpc) is 3.01. The standard InChI is InChI=1S/C18H22N2O6/c1-18-7-4-8-20(18)19(16(22)14(15(18)21)17(23)24)10-11-5-6-12(25-2)9-13(11)26-3/h5-6,9,21H,4,7-8,10H2,1-3H3,(H,23,24)/t18-/m1/s1. The van der Waals surface area contributed by atoms with Crippen LogP contribution in [0.5, 0.6) is 11.5 Å². The molecule has 0 radical (unpaired) electrons. The minimum atomic E-state index is -1.42. The van der Waals surface area contributed by atoms with Crippen LogP contribution < -0.4 is 9.47 Å². The quantitative estimate of drug-likeness (QED) is 0.769. The molecule has 0 aliphatic carbocycles. The van der Waals surface area contributed by atoms with Gasteiger partial charge in [-0.1, -0.05) is 0 Å². The number of methoxy groups -OCH3 is 2. The van der Waals surface area contributed by atoms with Crippen LogP contribution in [0.15, 0.2) is 29.5 Å². The van der Waals surface area contributed by atoms with Gasteiger partial charge in [0.25, 0.3) is 5.91 Å². The summed E-state index contributed by atoms with van der Waals surface area (Å²) in [6.07, 6.45) is 1.32. The molecule has 140 valence electrons. The summed E-state index contributed by atoms with van der Waals surface area (Å²) in [4.78, 5) is 24.4. The van der Waals surface area contributed by atoms with E-state index in [2.05, 4.69) is 0 Å². The van der Waals surface area contributed by atoms with Crippen LogP contribution in [0.4, 0.5) is 0 Å². The second-order valence-electron chi connectivity index (χ2n) is 6.57. The van der Waals surface area contributed by atoms with E-state index < -0.39 is 23.0 Å². The molecule has 1 atom stereocenters. The number of ether oxygens (including phenoxy) is 2. The molecule has 2 aliphatic heterocycles. The van der Waals surface area contributed by atoms with Gasteiger partial charge in [-0.15, -0.1) is 0 Å². The Morgan fingerprint density at radius 1 is 1.31 bits per heavy atom. The molecule has 1 aromatic carbocycles. The van der Waals surface area contributed by atoms with Crippen LogP contribution in [0.2, 0.25) is 0 Å². The van der Waals surface area contributed by atoms with Gasteiger partial charge < -0.3 is 19.7 Å². The summed E-state index contributed by atoms with van der Waals surface area (Å²) in [7, 11) is 3.07. The lowest BCUT2D eigenvalue weighted by atomic mass is 9.91. The molecule has 0 spiro atoms. The van der Waals surface area contributed by atoms with Gasteiger partial charge in [-0.2, -0.15) is 0 Å². The summed E-state index contributed by atoms with van der Waals surface area (Å²) < 4.78 is 10.6. The number of carbonyl (C=O) groups is 2. The average molecular weight is 362 g/mol. The lowest BCUT2D eigenvalue weighted by molar-refractivity contribution is -0.162. The number of hydrazine groups is 1. The fraction of sp³-hybridized carbons (Fsp3) is 0.444. The number of carboxylic acid groups (broad SMARTS) is 1. The first-order valence-electron chi connectivity index (χ1n) is 8.31. The van der Waals surface area contributed by atoms with Gasteiger partial charge >= 0.3 is 5.97 Å². The lowest BCUT2D eigenvalue weighted by Gasteiger charge is -2.46. The van der Waals surface area contributed by atoms with Gasteiger partial charge in [-0.05, 0) is 31.9 Å². The van der Waals surface area contributed by atoms with E-state index in [0.29, 0.717) is 30.0 Å². The van der Waals surface area contributed by atoms with Crippen LogP contribution in [-0.2, 0) is 16.1 Å². The molecule has 26 heavy (non-hydrogen) atoms. The molecule has 0 bridgehead atoms. The van der Waals surface area contributed by atoms with Gasteiger partial charge in [0.15, 0.2) is 5.57 Å². The highest BCUT2D eigenvalue weighted by Gasteiger charge is 2.52. The molecule has 2 heterocycles. The molecule has 1 aromatic rings. The number of hydrogen-bond donors (Lipinski definition) is 2.